The zero-order valence-electron chi connectivity index (χ0n) is 11.8. The lowest BCUT2D eigenvalue weighted by molar-refractivity contribution is -0.0204. The minimum absolute atomic E-state index is 0.0197. The normalized spacial score (nSPS) is 15.9. The van der Waals surface area contributed by atoms with E-state index in [-0.39, 0.29) is 23.3 Å². The number of nitrogens with one attached hydrogen (secondary N) is 1. The van der Waals surface area contributed by atoms with Crippen LogP contribution in [0, 0.1) is 0 Å². The molecule has 10 nitrogen and oxygen atoms in total. The summed E-state index contributed by atoms with van der Waals surface area (Å²) in [5.74, 6) is 0.0716. The Morgan fingerprint density at radius 1 is 1.13 bits per heavy atom. The molecule has 1 aliphatic rings. The predicted octanol–water partition coefficient (Wildman–Crippen LogP) is 0.224. The molecule has 0 atom stereocenters. The van der Waals surface area contributed by atoms with E-state index in [2.05, 4.69) is 23.9 Å². The van der Waals surface area contributed by atoms with Crippen LogP contribution in [0.5, 0.6) is 0 Å². The fraction of sp³-hybridized carbons (Fsp3) is 0.167. The number of hydrogen-bond donors (Lipinski definition) is 3. The average Bonchev–Trinajstić information content (AvgIpc) is 2.49. The topological polar surface area (TPSA) is 146 Å². The summed E-state index contributed by atoms with van der Waals surface area (Å²) in [5, 5.41) is 3.54. The summed E-state index contributed by atoms with van der Waals surface area (Å²) in [6.07, 6.45) is 0.745. The van der Waals surface area contributed by atoms with E-state index in [1.165, 1.54) is 0 Å². The third-order valence-corrected chi connectivity index (χ3v) is 3.62. The fourth-order valence-electron chi connectivity index (χ4n) is 1.90. The molecule has 1 aliphatic heterocycles. The molecular weight excluding hydrogens is 324 g/mol. The maximum Gasteiger partial charge on any atom is 0.446 e. The van der Waals surface area contributed by atoms with Gasteiger partial charge in [-0.3, -0.25) is 0 Å². The summed E-state index contributed by atoms with van der Waals surface area (Å²) in [4.78, 5) is 8.02. The van der Waals surface area contributed by atoms with Crippen molar-refractivity contribution in [2.75, 3.05) is 28.6 Å². The van der Waals surface area contributed by atoms with Gasteiger partial charge in [0.15, 0.2) is 5.82 Å². The van der Waals surface area contributed by atoms with Crippen molar-refractivity contribution in [2.24, 2.45) is 0 Å². The van der Waals surface area contributed by atoms with E-state index in [1.807, 2.05) is 30.3 Å². The number of nitrogens with two attached hydrogens (primary N) is 2. The molecular formula is C12H14N6O4S. The highest BCUT2D eigenvalue weighted by Crippen LogP contribution is 2.32. The fourth-order valence-corrected chi connectivity index (χ4v) is 2.38. The lowest BCUT2D eigenvalue weighted by Crippen LogP contribution is -2.42. The molecule has 1 saturated heterocycles. The van der Waals surface area contributed by atoms with Gasteiger partial charge < -0.3 is 16.8 Å². The highest BCUT2D eigenvalue weighted by molar-refractivity contribution is 7.82. The summed E-state index contributed by atoms with van der Waals surface area (Å²) < 4.78 is 30.5. The minimum atomic E-state index is -4.03. The first-order chi connectivity index (χ1) is 10.9. The molecule has 0 amide bonds. The second-order valence-corrected chi connectivity index (χ2v) is 5.76. The van der Waals surface area contributed by atoms with Crippen molar-refractivity contribution >= 4 is 33.7 Å². The second kappa shape index (κ2) is 5.87. The maximum absolute atomic E-state index is 10.9. The van der Waals surface area contributed by atoms with Gasteiger partial charge in [-0.2, -0.15) is 18.4 Å². The first-order valence-corrected chi connectivity index (χ1v) is 7.93. The van der Waals surface area contributed by atoms with Gasteiger partial charge in [-0.1, -0.05) is 44.1 Å². The number of nitrogen functional groups attached to an aromatic ring is 2. The molecule has 0 aliphatic carbocycles. The van der Waals surface area contributed by atoms with Gasteiger partial charge in [0.05, 0.1) is 0 Å². The van der Waals surface area contributed by atoms with Crippen LogP contribution in [0.3, 0.4) is 0 Å². The first-order valence-electron chi connectivity index (χ1n) is 6.59. The Morgan fingerprint density at radius 2 is 1.83 bits per heavy atom. The first kappa shape index (κ1) is 15.3. The number of hydrogen-bond acceptors (Lipinski definition) is 10. The van der Waals surface area contributed by atoms with E-state index >= 15 is 0 Å². The standard InChI is InChI=1S/C12H14N6O4S/c13-9-10(14)16-12(15-7-6-8-4-2-1-3-5-8)17-11(9)18-21-23(19,20)22-18/h1-5H,6-7,13H2,(H3,14,15,16,17). The predicted molar refractivity (Wildman–Crippen MR) is 83.1 cm³/mol. The van der Waals surface area contributed by atoms with Crippen molar-refractivity contribution in [3.05, 3.63) is 35.9 Å². The summed E-state index contributed by atoms with van der Waals surface area (Å²) in [6.45, 7) is 0.548. The molecule has 5 N–H and O–H groups in total. The van der Waals surface area contributed by atoms with Gasteiger partial charge in [0.25, 0.3) is 0 Å². The van der Waals surface area contributed by atoms with Gasteiger partial charge in [0.1, 0.15) is 5.69 Å². The molecule has 2 heterocycles. The van der Waals surface area contributed by atoms with Crippen molar-refractivity contribution in [2.45, 2.75) is 6.42 Å². The molecule has 23 heavy (non-hydrogen) atoms. The summed E-state index contributed by atoms with van der Waals surface area (Å²) in [6, 6.07) is 9.83. The number of aromatic nitrogens is 2. The monoisotopic (exact) mass is 338 g/mol. The average molecular weight is 338 g/mol. The SMILES string of the molecule is Nc1nc(NCCc2ccccc2)nc(N2OS(=O)(=O)O2)c1N. The Hall–Kier alpha value is -2.63. The van der Waals surface area contributed by atoms with E-state index in [0.717, 1.165) is 12.0 Å². The van der Waals surface area contributed by atoms with Crippen LogP contribution in [-0.2, 0) is 25.4 Å². The smallest absolute Gasteiger partial charge is 0.393 e. The van der Waals surface area contributed by atoms with Crippen molar-refractivity contribution < 1.29 is 17.0 Å². The molecule has 1 fully saturated rings. The largest absolute Gasteiger partial charge is 0.446 e. The van der Waals surface area contributed by atoms with E-state index < -0.39 is 10.4 Å². The van der Waals surface area contributed by atoms with Gasteiger partial charge in [0, 0.05) is 6.54 Å². The molecule has 0 unspecified atom stereocenters. The lowest BCUT2D eigenvalue weighted by atomic mass is 10.1. The molecule has 2 aromatic rings. The van der Waals surface area contributed by atoms with Gasteiger partial charge in [-0.05, 0) is 12.0 Å². The molecule has 0 saturated carbocycles. The van der Waals surface area contributed by atoms with E-state index in [0.29, 0.717) is 11.8 Å². The van der Waals surface area contributed by atoms with Gasteiger partial charge >= 0.3 is 10.4 Å². The van der Waals surface area contributed by atoms with Gasteiger partial charge in [-0.25, -0.2) is 0 Å². The van der Waals surface area contributed by atoms with E-state index in [1.54, 1.807) is 0 Å². The second-order valence-electron chi connectivity index (χ2n) is 4.65. The van der Waals surface area contributed by atoms with Crippen molar-refractivity contribution in [1.82, 2.24) is 9.97 Å². The Bertz CT molecular complexity index is 802. The van der Waals surface area contributed by atoms with Crippen LogP contribution in [0.2, 0.25) is 0 Å². The highest BCUT2D eigenvalue weighted by atomic mass is 32.3. The van der Waals surface area contributed by atoms with Crippen LogP contribution in [0.4, 0.5) is 23.3 Å². The van der Waals surface area contributed by atoms with Crippen LogP contribution < -0.4 is 22.0 Å². The Balaban J connectivity index is 1.69. The molecule has 0 radical (unpaired) electrons. The third-order valence-electron chi connectivity index (χ3n) is 2.99. The molecule has 11 heteroatoms. The molecule has 1 aromatic carbocycles. The molecule has 0 bridgehead atoms. The zero-order valence-corrected chi connectivity index (χ0v) is 12.7. The molecule has 0 spiro atoms. The molecule has 122 valence electrons. The van der Waals surface area contributed by atoms with Crippen LogP contribution in [0.1, 0.15) is 5.56 Å². The summed E-state index contributed by atoms with van der Waals surface area (Å²) >= 11 is 0. The Labute approximate surface area is 132 Å². The summed E-state index contributed by atoms with van der Waals surface area (Å²) in [7, 11) is -4.03. The van der Waals surface area contributed by atoms with Crippen molar-refractivity contribution in [1.29, 1.82) is 0 Å². The van der Waals surface area contributed by atoms with E-state index in [9.17, 15) is 8.42 Å². The Kier molecular flexibility index (Phi) is 3.90. The quantitative estimate of drug-likeness (QED) is 0.692. The van der Waals surface area contributed by atoms with Crippen molar-refractivity contribution in [3.63, 3.8) is 0 Å². The van der Waals surface area contributed by atoms with Gasteiger partial charge in [-0.15, -0.1) is 0 Å². The number of rotatable bonds is 5. The number of anilines is 4. The minimum Gasteiger partial charge on any atom is -0.393 e. The number of nitrogens with zero attached hydrogens (tertiary/aromatic N) is 3. The zero-order chi connectivity index (χ0) is 16.4. The van der Waals surface area contributed by atoms with Crippen LogP contribution in [-0.4, -0.2) is 24.9 Å². The molecule has 3 rings (SSSR count). The number of benzene rings is 1. The highest BCUT2D eigenvalue weighted by Gasteiger charge is 2.38. The van der Waals surface area contributed by atoms with Crippen LogP contribution in [0.25, 0.3) is 0 Å². The van der Waals surface area contributed by atoms with Crippen LogP contribution in [0.15, 0.2) is 30.3 Å². The lowest BCUT2D eigenvalue weighted by Gasteiger charge is -2.27. The van der Waals surface area contributed by atoms with Crippen LogP contribution >= 0.6 is 0 Å². The maximum atomic E-state index is 10.9. The van der Waals surface area contributed by atoms with E-state index in [4.69, 9.17) is 11.5 Å². The third kappa shape index (κ3) is 3.41. The van der Waals surface area contributed by atoms with Crippen molar-refractivity contribution in [3.8, 4) is 0 Å². The Morgan fingerprint density at radius 3 is 2.48 bits per heavy atom. The summed E-state index contributed by atoms with van der Waals surface area (Å²) in [5.41, 5.74) is 12.5. The van der Waals surface area contributed by atoms with Gasteiger partial charge in [0.2, 0.25) is 11.8 Å². The molecule has 1 aromatic heterocycles.